The molecule has 0 aliphatic rings. The maximum Gasteiger partial charge on any atom is 0.212 e. The van der Waals surface area contributed by atoms with Crippen molar-refractivity contribution in [2.75, 3.05) is 26.3 Å². The largest absolute Gasteiger partial charge is 0.496 e. The highest BCUT2D eigenvalue weighted by Crippen LogP contribution is 2.34. The molecule has 0 saturated carbocycles. The van der Waals surface area contributed by atoms with E-state index in [1.807, 2.05) is 62.5 Å². The van der Waals surface area contributed by atoms with Crippen LogP contribution in [-0.2, 0) is 6.61 Å². The Morgan fingerprint density at radius 1 is 1.04 bits per heavy atom. The second-order valence-electron chi connectivity index (χ2n) is 6.42. The minimum absolute atomic E-state index is 0.413. The van der Waals surface area contributed by atoms with Crippen LogP contribution in [0.4, 0.5) is 5.69 Å². The number of benzene rings is 2. The third-order valence-corrected chi connectivity index (χ3v) is 4.58. The van der Waals surface area contributed by atoms with Crippen molar-refractivity contribution in [2.24, 2.45) is 5.84 Å². The Balaban J connectivity index is 1.88. The van der Waals surface area contributed by atoms with E-state index in [0.717, 1.165) is 39.4 Å². The lowest BCUT2D eigenvalue weighted by Crippen LogP contribution is -2.26. The summed E-state index contributed by atoms with van der Waals surface area (Å²) in [4.78, 5) is 4.28. The number of methoxy groups -OCH3 is 2. The normalized spacial score (nSPS) is 10.5. The van der Waals surface area contributed by atoms with Gasteiger partial charge in [0.15, 0.2) is 0 Å². The highest BCUT2D eigenvalue weighted by Gasteiger charge is 2.12. The molecule has 3 aromatic rings. The van der Waals surface area contributed by atoms with Crippen molar-refractivity contribution in [1.82, 2.24) is 4.98 Å². The molecule has 1 heterocycles. The van der Waals surface area contributed by atoms with Gasteiger partial charge in [0.1, 0.15) is 18.1 Å². The molecule has 146 valence electrons. The molecule has 0 radical (unpaired) electrons. The number of nitrogens with two attached hydrogens (primary N) is 1. The van der Waals surface area contributed by atoms with Crippen LogP contribution < -0.4 is 25.1 Å². The maximum absolute atomic E-state index is 6.09. The molecule has 0 fully saturated rings. The fourth-order valence-corrected chi connectivity index (χ4v) is 3.02. The van der Waals surface area contributed by atoms with Crippen molar-refractivity contribution in [3.05, 3.63) is 65.9 Å². The minimum atomic E-state index is 0.413. The van der Waals surface area contributed by atoms with E-state index in [0.29, 0.717) is 12.5 Å². The fraction of sp³-hybridized carbons (Fsp3) is 0.227. The first-order valence-corrected chi connectivity index (χ1v) is 8.91. The second-order valence-corrected chi connectivity index (χ2v) is 6.42. The number of ether oxygens (including phenoxy) is 3. The fourth-order valence-electron chi connectivity index (χ4n) is 3.02. The zero-order valence-corrected chi connectivity index (χ0v) is 16.6. The smallest absolute Gasteiger partial charge is 0.212 e. The summed E-state index contributed by atoms with van der Waals surface area (Å²) in [5.41, 5.74) is 4.93. The summed E-state index contributed by atoms with van der Waals surface area (Å²) in [6.45, 7) is 2.46. The Morgan fingerprint density at radius 2 is 1.86 bits per heavy atom. The van der Waals surface area contributed by atoms with Crippen LogP contribution in [0, 0.1) is 6.92 Å². The number of aromatic nitrogens is 1. The van der Waals surface area contributed by atoms with Gasteiger partial charge in [-0.05, 0) is 42.8 Å². The lowest BCUT2D eigenvalue weighted by atomic mass is 10.1. The first kappa shape index (κ1) is 19.5. The molecule has 0 amide bonds. The lowest BCUT2D eigenvalue weighted by Gasteiger charge is -2.19. The number of hydrogen-bond acceptors (Lipinski definition) is 6. The lowest BCUT2D eigenvalue weighted by molar-refractivity contribution is 0.305. The third-order valence-electron chi connectivity index (χ3n) is 4.58. The van der Waals surface area contributed by atoms with E-state index in [-0.39, 0.29) is 0 Å². The molecule has 0 aliphatic carbocycles. The molecule has 2 aromatic carbocycles. The van der Waals surface area contributed by atoms with Gasteiger partial charge in [0.2, 0.25) is 5.88 Å². The molecule has 0 saturated heterocycles. The molecule has 0 atom stereocenters. The predicted octanol–water partition coefficient (Wildman–Crippen LogP) is 3.96. The van der Waals surface area contributed by atoms with Crippen LogP contribution in [0.2, 0.25) is 0 Å². The summed E-state index contributed by atoms with van der Waals surface area (Å²) in [6.07, 6.45) is 1.75. The Labute approximate surface area is 165 Å². The van der Waals surface area contributed by atoms with E-state index in [9.17, 15) is 0 Å². The van der Waals surface area contributed by atoms with E-state index in [2.05, 4.69) is 4.98 Å². The molecular weight excluding hydrogens is 354 g/mol. The van der Waals surface area contributed by atoms with Crippen molar-refractivity contribution in [3.63, 3.8) is 0 Å². The van der Waals surface area contributed by atoms with Gasteiger partial charge in [-0.3, -0.25) is 0 Å². The monoisotopic (exact) mass is 379 g/mol. The molecule has 6 heteroatoms. The molecule has 2 N–H and O–H groups in total. The van der Waals surface area contributed by atoms with Gasteiger partial charge in [-0.1, -0.05) is 12.1 Å². The predicted molar refractivity (Wildman–Crippen MR) is 111 cm³/mol. The Bertz CT molecular complexity index is 940. The van der Waals surface area contributed by atoms with Gasteiger partial charge < -0.3 is 19.2 Å². The Morgan fingerprint density at radius 3 is 2.50 bits per heavy atom. The van der Waals surface area contributed by atoms with Gasteiger partial charge in [-0.25, -0.2) is 10.8 Å². The number of nitrogens with zero attached hydrogens (tertiary/aromatic N) is 2. The number of anilines is 1. The average molecular weight is 379 g/mol. The van der Waals surface area contributed by atoms with Gasteiger partial charge in [-0.15, -0.1) is 0 Å². The highest BCUT2D eigenvalue weighted by atomic mass is 16.5. The number of hydrazine groups is 1. The van der Waals surface area contributed by atoms with Crippen molar-refractivity contribution < 1.29 is 14.2 Å². The summed E-state index contributed by atoms with van der Waals surface area (Å²) >= 11 is 0. The SMILES string of the molecule is COc1ccc(-c2cc(OCc3c(C)cccc3N(C)N)ccc2OC)cn1. The van der Waals surface area contributed by atoms with Gasteiger partial charge in [0.05, 0.1) is 19.9 Å². The Kier molecular flexibility index (Phi) is 6.01. The maximum atomic E-state index is 6.09. The van der Waals surface area contributed by atoms with E-state index in [1.54, 1.807) is 25.4 Å². The minimum Gasteiger partial charge on any atom is -0.496 e. The average Bonchev–Trinajstić information content (AvgIpc) is 2.72. The molecule has 0 aliphatic heterocycles. The van der Waals surface area contributed by atoms with Crippen LogP contribution in [0.25, 0.3) is 11.1 Å². The summed E-state index contributed by atoms with van der Waals surface area (Å²) < 4.78 is 16.7. The Hall–Kier alpha value is -3.25. The zero-order valence-electron chi connectivity index (χ0n) is 16.6. The molecule has 0 unspecified atom stereocenters. The van der Waals surface area contributed by atoms with Crippen LogP contribution in [0.15, 0.2) is 54.7 Å². The van der Waals surface area contributed by atoms with Gasteiger partial charge in [0, 0.05) is 36.0 Å². The van der Waals surface area contributed by atoms with Gasteiger partial charge in [-0.2, -0.15) is 0 Å². The number of hydrogen-bond donors (Lipinski definition) is 1. The molecular formula is C22H25N3O3. The van der Waals surface area contributed by atoms with E-state index >= 15 is 0 Å². The third kappa shape index (κ3) is 4.18. The van der Waals surface area contributed by atoms with Gasteiger partial charge >= 0.3 is 0 Å². The second kappa shape index (κ2) is 8.63. The standard InChI is InChI=1S/C22H25N3O3/c1-15-6-5-7-20(25(2)23)19(15)14-28-17-9-10-21(26-3)18(12-17)16-8-11-22(27-4)24-13-16/h5-13H,14,23H2,1-4H3. The van der Waals surface area contributed by atoms with Crippen molar-refractivity contribution in [2.45, 2.75) is 13.5 Å². The summed E-state index contributed by atoms with van der Waals surface area (Å²) in [5.74, 6) is 8.01. The first-order chi connectivity index (χ1) is 13.5. The molecule has 1 aromatic heterocycles. The summed E-state index contributed by atoms with van der Waals surface area (Å²) in [5, 5.41) is 1.61. The van der Waals surface area contributed by atoms with E-state index in [4.69, 9.17) is 20.1 Å². The first-order valence-electron chi connectivity index (χ1n) is 8.91. The van der Waals surface area contributed by atoms with E-state index < -0.39 is 0 Å². The molecule has 28 heavy (non-hydrogen) atoms. The quantitative estimate of drug-likeness (QED) is 0.495. The number of aryl methyl sites for hydroxylation is 1. The van der Waals surface area contributed by atoms with Crippen LogP contribution in [0.5, 0.6) is 17.4 Å². The molecule has 3 rings (SSSR count). The molecule has 6 nitrogen and oxygen atoms in total. The number of rotatable bonds is 7. The molecule has 0 bridgehead atoms. The topological polar surface area (TPSA) is 69.8 Å². The van der Waals surface area contributed by atoms with Crippen molar-refractivity contribution in [3.8, 4) is 28.5 Å². The van der Waals surface area contributed by atoms with Crippen molar-refractivity contribution in [1.29, 1.82) is 0 Å². The van der Waals surface area contributed by atoms with Crippen LogP contribution in [0.1, 0.15) is 11.1 Å². The van der Waals surface area contributed by atoms with Crippen LogP contribution >= 0.6 is 0 Å². The molecule has 0 spiro atoms. The summed E-state index contributed by atoms with van der Waals surface area (Å²) in [7, 11) is 5.06. The van der Waals surface area contributed by atoms with Crippen molar-refractivity contribution >= 4 is 5.69 Å². The van der Waals surface area contributed by atoms with Crippen LogP contribution in [-0.4, -0.2) is 26.3 Å². The van der Waals surface area contributed by atoms with E-state index in [1.165, 1.54) is 0 Å². The van der Waals surface area contributed by atoms with Gasteiger partial charge in [0.25, 0.3) is 0 Å². The number of pyridine rings is 1. The summed E-state index contributed by atoms with van der Waals surface area (Å²) in [6, 6.07) is 15.5. The van der Waals surface area contributed by atoms with Crippen LogP contribution in [0.3, 0.4) is 0 Å². The highest BCUT2D eigenvalue weighted by molar-refractivity contribution is 5.71. The zero-order chi connectivity index (χ0) is 20.1.